The fraction of sp³-hybridized carbons (Fsp3) is 0.632. The van der Waals surface area contributed by atoms with Crippen molar-refractivity contribution in [2.24, 2.45) is 0 Å². The minimum atomic E-state index is 0.307. The van der Waals surface area contributed by atoms with Gasteiger partial charge in [-0.2, -0.15) is 0 Å². The smallest absolute Gasteiger partial charge is 0.222 e. The van der Waals surface area contributed by atoms with Crippen LogP contribution in [0.3, 0.4) is 0 Å². The monoisotopic (exact) mass is 318 g/mol. The fourth-order valence-corrected chi connectivity index (χ4v) is 3.15. The quantitative estimate of drug-likeness (QED) is 0.749. The third kappa shape index (κ3) is 5.87. The van der Waals surface area contributed by atoms with Crippen molar-refractivity contribution in [3.05, 3.63) is 29.8 Å². The summed E-state index contributed by atoms with van der Waals surface area (Å²) >= 11 is 0. The van der Waals surface area contributed by atoms with Crippen molar-refractivity contribution < 1.29 is 9.53 Å². The standard InChI is InChI=1S/C19H30N2O2/c1-21(17-12-14-20-15-13-17)19(22)7-5-3-4-6-16-8-10-18(23-2)11-9-16/h8-11,17,20H,3-7,12-15H2,1-2H3. The summed E-state index contributed by atoms with van der Waals surface area (Å²) < 4.78 is 5.16. The zero-order valence-corrected chi connectivity index (χ0v) is 14.5. The van der Waals surface area contributed by atoms with E-state index in [1.54, 1.807) is 7.11 Å². The van der Waals surface area contributed by atoms with E-state index in [-0.39, 0.29) is 0 Å². The number of carbonyl (C=O) groups is 1. The van der Waals surface area contributed by atoms with E-state index in [0.29, 0.717) is 18.4 Å². The van der Waals surface area contributed by atoms with Crippen molar-refractivity contribution in [1.82, 2.24) is 10.2 Å². The first-order chi connectivity index (χ1) is 11.2. The number of piperidine rings is 1. The molecule has 1 N–H and O–H groups in total. The first-order valence-corrected chi connectivity index (χ1v) is 8.80. The van der Waals surface area contributed by atoms with Gasteiger partial charge in [-0.15, -0.1) is 0 Å². The lowest BCUT2D eigenvalue weighted by atomic mass is 10.0. The minimum absolute atomic E-state index is 0.307. The highest BCUT2D eigenvalue weighted by atomic mass is 16.5. The van der Waals surface area contributed by atoms with Gasteiger partial charge in [0.1, 0.15) is 5.75 Å². The first-order valence-electron chi connectivity index (χ1n) is 8.80. The molecule has 1 aliphatic heterocycles. The lowest BCUT2D eigenvalue weighted by molar-refractivity contribution is -0.132. The Morgan fingerprint density at radius 2 is 1.87 bits per heavy atom. The van der Waals surface area contributed by atoms with E-state index in [0.717, 1.165) is 57.4 Å². The summed E-state index contributed by atoms with van der Waals surface area (Å²) in [6.07, 6.45) is 7.16. The van der Waals surface area contributed by atoms with E-state index in [9.17, 15) is 4.79 Å². The molecule has 1 fully saturated rings. The Morgan fingerprint density at radius 3 is 2.52 bits per heavy atom. The molecular weight excluding hydrogens is 288 g/mol. The molecule has 0 atom stereocenters. The van der Waals surface area contributed by atoms with Gasteiger partial charge < -0.3 is 15.0 Å². The Hall–Kier alpha value is -1.55. The maximum Gasteiger partial charge on any atom is 0.222 e. The van der Waals surface area contributed by atoms with Gasteiger partial charge in [0.15, 0.2) is 0 Å². The first kappa shape index (κ1) is 17.8. The van der Waals surface area contributed by atoms with Gasteiger partial charge in [-0.25, -0.2) is 0 Å². The van der Waals surface area contributed by atoms with E-state index in [1.807, 2.05) is 24.1 Å². The fourth-order valence-electron chi connectivity index (χ4n) is 3.15. The largest absolute Gasteiger partial charge is 0.497 e. The maximum absolute atomic E-state index is 12.2. The van der Waals surface area contributed by atoms with E-state index in [1.165, 1.54) is 5.56 Å². The number of benzene rings is 1. The maximum atomic E-state index is 12.2. The molecule has 4 nitrogen and oxygen atoms in total. The van der Waals surface area contributed by atoms with Crippen molar-refractivity contribution in [2.75, 3.05) is 27.2 Å². The molecule has 0 aromatic heterocycles. The SMILES string of the molecule is COc1ccc(CCCCCC(=O)N(C)C2CCNCC2)cc1. The van der Waals surface area contributed by atoms with Crippen LogP contribution in [0.1, 0.15) is 44.1 Å². The predicted molar refractivity (Wildman–Crippen MR) is 93.8 cm³/mol. The summed E-state index contributed by atoms with van der Waals surface area (Å²) in [6, 6.07) is 8.69. The van der Waals surface area contributed by atoms with Gasteiger partial charge in [0.2, 0.25) is 5.91 Å². The molecule has 1 heterocycles. The molecule has 4 heteroatoms. The second-order valence-electron chi connectivity index (χ2n) is 6.39. The van der Waals surface area contributed by atoms with Crippen molar-refractivity contribution in [1.29, 1.82) is 0 Å². The van der Waals surface area contributed by atoms with Crippen LogP contribution in [-0.4, -0.2) is 44.1 Å². The summed E-state index contributed by atoms with van der Waals surface area (Å²) in [6.45, 7) is 2.06. The average molecular weight is 318 g/mol. The summed E-state index contributed by atoms with van der Waals surface area (Å²) in [5, 5.41) is 3.35. The third-order valence-electron chi connectivity index (χ3n) is 4.76. The number of aryl methyl sites for hydroxylation is 1. The second-order valence-corrected chi connectivity index (χ2v) is 6.39. The van der Waals surface area contributed by atoms with Crippen LogP contribution in [0.5, 0.6) is 5.75 Å². The number of ether oxygens (including phenoxy) is 1. The van der Waals surface area contributed by atoms with Gasteiger partial charge in [-0.1, -0.05) is 18.6 Å². The molecule has 1 aliphatic rings. The topological polar surface area (TPSA) is 41.6 Å². The number of rotatable bonds is 8. The van der Waals surface area contributed by atoms with Gasteiger partial charge in [0, 0.05) is 19.5 Å². The van der Waals surface area contributed by atoms with E-state index in [4.69, 9.17) is 4.74 Å². The zero-order valence-electron chi connectivity index (χ0n) is 14.5. The van der Waals surface area contributed by atoms with Crippen LogP contribution in [0.15, 0.2) is 24.3 Å². The summed E-state index contributed by atoms with van der Waals surface area (Å²) in [5.41, 5.74) is 1.34. The second kappa shape index (κ2) is 9.56. The van der Waals surface area contributed by atoms with Crippen molar-refractivity contribution in [2.45, 2.75) is 51.0 Å². The summed E-state index contributed by atoms with van der Waals surface area (Å²) in [5.74, 6) is 1.21. The number of carbonyl (C=O) groups excluding carboxylic acids is 1. The van der Waals surface area contributed by atoms with Gasteiger partial charge >= 0.3 is 0 Å². The van der Waals surface area contributed by atoms with Crippen LogP contribution < -0.4 is 10.1 Å². The molecule has 1 aromatic carbocycles. The molecule has 1 saturated heterocycles. The molecule has 0 spiro atoms. The van der Waals surface area contributed by atoms with Crippen molar-refractivity contribution in [3.8, 4) is 5.75 Å². The van der Waals surface area contributed by atoms with Crippen molar-refractivity contribution >= 4 is 5.91 Å². The average Bonchev–Trinajstić information content (AvgIpc) is 2.62. The lowest BCUT2D eigenvalue weighted by Crippen LogP contribution is -2.43. The van der Waals surface area contributed by atoms with E-state index >= 15 is 0 Å². The molecular formula is C19H30N2O2. The van der Waals surface area contributed by atoms with Gasteiger partial charge in [-0.3, -0.25) is 4.79 Å². The number of nitrogens with zero attached hydrogens (tertiary/aromatic N) is 1. The predicted octanol–water partition coefficient (Wildman–Crippen LogP) is 3.01. The Bertz CT molecular complexity index is 467. The van der Waals surface area contributed by atoms with Crippen LogP contribution in [0.4, 0.5) is 0 Å². The molecule has 0 unspecified atom stereocenters. The van der Waals surface area contributed by atoms with Crippen LogP contribution in [0.2, 0.25) is 0 Å². The molecule has 23 heavy (non-hydrogen) atoms. The van der Waals surface area contributed by atoms with Gasteiger partial charge in [-0.05, 0) is 62.9 Å². The number of nitrogens with one attached hydrogen (secondary N) is 1. The minimum Gasteiger partial charge on any atom is -0.497 e. The van der Waals surface area contributed by atoms with Crippen LogP contribution in [-0.2, 0) is 11.2 Å². The van der Waals surface area contributed by atoms with Crippen LogP contribution in [0, 0.1) is 0 Å². The number of hydrogen-bond acceptors (Lipinski definition) is 3. The molecule has 0 bridgehead atoms. The number of hydrogen-bond donors (Lipinski definition) is 1. The Labute approximate surface area is 140 Å². The third-order valence-corrected chi connectivity index (χ3v) is 4.76. The molecule has 0 aliphatic carbocycles. The Balaban J connectivity index is 1.59. The van der Waals surface area contributed by atoms with Crippen LogP contribution >= 0.6 is 0 Å². The van der Waals surface area contributed by atoms with Gasteiger partial charge in [0.05, 0.1) is 7.11 Å². The lowest BCUT2D eigenvalue weighted by Gasteiger charge is -2.31. The molecule has 2 rings (SSSR count). The Kier molecular flexibility index (Phi) is 7.40. The normalized spacial score (nSPS) is 15.4. The molecule has 1 aromatic rings. The number of amides is 1. The molecule has 128 valence electrons. The van der Waals surface area contributed by atoms with Gasteiger partial charge in [0.25, 0.3) is 0 Å². The highest BCUT2D eigenvalue weighted by Gasteiger charge is 2.21. The zero-order chi connectivity index (χ0) is 16.5. The molecule has 1 amide bonds. The van der Waals surface area contributed by atoms with Crippen LogP contribution in [0.25, 0.3) is 0 Å². The Morgan fingerprint density at radius 1 is 1.17 bits per heavy atom. The highest BCUT2D eigenvalue weighted by Crippen LogP contribution is 2.15. The van der Waals surface area contributed by atoms with Crippen molar-refractivity contribution in [3.63, 3.8) is 0 Å². The highest BCUT2D eigenvalue weighted by molar-refractivity contribution is 5.76. The summed E-state index contributed by atoms with van der Waals surface area (Å²) in [4.78, 5) is 14.2. The van der Waals surface area contributed by atoms with E-state index < -0.39 is 0 Å². The molecule has 0 radical (unpaired) electrons. The number of unbranched alkanes of at least 4 members (excludes halogenated alkanes) is 2. The number of methoxy groups -OCH3 is 1. The van der Waals surface area contributed by atoms with E-state index in [2.05, 4.69) is 17.4 Å². The summed E-state index contributed by atoms with van der Waals surface area (Å²) in [7, 11) is 3.66. The molecule has 0 saturated carbocycles.